The number of hydrogen-bond acceptors (Lipinski definition) is 4. The van der Waals surface area contributed by atoms with Gasteiger partial charge in [0.25, 0.3) is 0 Å². The molecule has 2 N–H and O–H groups in total. The van der Waals surface area contributed by atoms with Gasteiger partial charge in [0.2, 0.25) is 0 Å². The highest BCUT2D eigenvalue weighted by Gasteiger charge is 2.30. The minimum atomic E-state index is 0.157. The molecule has 3 nitrogen and oxygen atoms in total. The second-order valence-electron chi connectivity index (χ2n) is 8.33. The summed E-state index contributed by atoms with van der Waals surface area (Å²) in [6.45, 7) is 7.27. The number of rotatable bonds is 4. The van der Waals surface area contributed by atoms with Crippen LogP contribution < -0.4 is 10.7 Å². The maximum atomic E-state index is 5.86. The molecule has 0 spiro atoms. The summed E-state index contributed by atoms with van der Waals surface area (Å²) >= 11 is 1.79. The Morgan fingerprint density at radius 3 is 2.50 bits per heavy atom. The lowest BCUT2D eigenvalue weighted by molar-refractivity contribution is 0.590. The molecular formula is C24H27N3S. The summed E-state index contributed by atoms with van der Waals surface area (Å²) in [7, 11) is 0. The van der Waals surface area contributed by atoms with Crippen molar-refractivity contribution in [3.8, 4) is 0 Å². The zero-order chi connectivity index (χ0) is 19.7. The third-order valence-electron chi connectivity index (χ3n) is 5.28. The van der Waals surface area contributed by atoms with Crippen molar-refractivity contribution >= 4 is 22.7 Å². The van der Waals surface area contributed by atoms with Gasteiger partial charge in [0, 0.05) is 17.8 Å². The molecule has 1 atom stereocenters. The van der Waals surface area contributed by atoms with Gasteiger partial charge in [0.1, 0.15) is 0 Å². The molecule has 1 aromatic heterocycles. The van der Waals surface area contributed by atoms with Crippen molar-refractivity contribution in [3.05, 3.63) is 87.6 Å². The first-order valence-electron chi connectivity index (χ1n) is 9.76. The Morgan fingerprint density at radius 1 is 1.07 bits per heavy atom. The third kappa shape index (κ3) is 3.75. The number of thiophene rings is 1. The van der Waals surface area contributed by atoms with Crippen LogP contribution in [0, 0.1) is 0 Å². The number of benzene rings is 2. The molecule has 1 unspecified atom stereocenters. The SMILES string of the molecule is CC(C)(C)c1ccc(C2=NN(c3cccc(CN)c3)C(c3cccs3)C2)cc1. The molecule has 4 rings (SSSR count). The van der Waals surface area contributed by atoms with Gasteiger partial charge in [-0.15, -0.1) is 11.3 Å². The van der Waals surface area contributed by atoms with Crippen LogP contribution >= 0.6 is 11.3 Å². The van der Waals surface area contributed by atoms with Crippen molar-refractivity contribution in [2.24, 2.45) is 10.8 Å². The van der Waals surface area contributed by atoms with Gasteiger partial charge in [-0.2, -0.15) is 5.10 Å². The first kappa shape index (κ1) is 18.9. The topological polar surface area (TPSA) is 41.6 Å². The molecular weight excluding hydrogens is 362 g/mol. The fraction of sp³-hybridized carbons (Fsp3) is 0.292. The quantitative estimate of drug-likeness (QED) is 0.607. The van der Waals surface area contributed by atoms with E-state index in [0.717, 1.165) is 23.4 Å². The van der Waals surface area contributed by atoms with Crippen LogP contribution in [0.5, 0.6) is 0 Å². The van der Waals surface area contributed by atoms with Gasteiger partial charge in [-0.25, -0.2) is 0 Å². The van der Waals surface area contributed by atoms with E-state index >= 15 is 0 Å². The Labute approximate surface area is 171 Å². The maximum Gasteiger partial charge on any atom is 0.0923 e. The Kier molecular flexibility index (Phi) is 5.09. The van der Waals surface area contributed by atoms with E-state index in [9.17, 15) is 0 Å². The largest absolute Gasteiger partial charge is 0.326 e. The van der Waals surface area contributed by atoms with Crippen LogP contribution in [0.4, 0.5) is 5.69 Å². The fourth-order valence-corrected chi connectivity index (χ4v) is 4.43. The second-order valence-corrected chi connectivity index (χ2v) is 9.31. The zero-order valence-corrected chi connectivity index (χ0v) is 17.5. The van der Waals surface area contributed by atoms with E-state index in [1.165, 1.54) is 16.0 Å². The van der Waals surface area contributed by atoms with Crippen LogP contribution in [0.15, 0.2) is 71.1 Å². The second kappa shape index (κ2) is 7.53. The van der Waals surface area contributed by atoms with Gasteiger partial charge >= 0.3 is 0 Å². The number of hydrazone groups is 1. The minimum Gasteiger partial charge on any atom is -0.326 e. The molecule has 0 saturated heterocycles. The molecule has 28 heavy (non-hydrogen) atoms. The molecule has 1 aliphatic heterocycles. The number of nitrogens with zero attached hydrogens (tertiary/aromatic N) is 2. The van der Waals surface area contributed by atoms with E-state index in [2.05, 4.69) is 91.8 Å². The molecule has 0 amide bonds. The molecule has 0 aliphatic carbocycles. The standard InChI is InChI=1S/C24H27N3S/c1-24(2,3)19-11-9-18(10-12-19)21-15-22(23-8-5-13-28-23)27(26-21)20-7-4-6-17(14-20)16-25/h4-14,22H,15-16,25H2,1-3H3. The molecule has 144 valence electrons. The Morgan fingerprint density at radius 2 is 1.86 bits per heavy atom. The van der Waals surface area contributed by atoms with E-state index in [1.54, 1.807) is 11.3 Å². The summed E-state index contributed by atoms with van der Waals surface area (Å²) < 4.78 is 0. The van der Waals surface area contributed by atoms with Crippen molar-refractivity contribution in [1.82, 2.24) is 0 Å². The summed E-state index contributed by atoms with van der Waals surface area (Å²) in [5.74, 6) is 0. The number of hydrogen-bond donors (Lipinski definition) is 1. The predicted octanol–water partition coefficient (Wildman–Crippen LogP) is 5.86. The molecule has 0 fully saturated rings. The summed E-state index contributed by atoms with van der Waals surface area (Å²) in [5, 5.41) is 9.35. The van der Waals surface area contributed by atoms with Crippen molar-refractivity contribution in [2.75, 3.05) is 5.01 Å². The van der Waals surface area contributed by atoms with Gasteiger partial charge in [0.15, 0.2) is 0 Å². The summed E-state index contributed by atoms with van der Waals surface area (Å²) in [6, 6.07) is 21.8. The molecule has 4 heteroatoms. The van der Waals surface area contributed by atoms with E-state index in [-0.39, 0.29) is 11.5 Å². The van der Waals surface area contributed by atoms with Crippen LogP contribution in [0.1, 0.15) is 54.8 Å². The van der Waals surface area contributed by atoms with Crippen molar-refractivity contribution in [1.29, 1.82) is 0 Å². The lowest BCUT2D eigenvalue weighted by Crippen LogP contribution is -2.17. The fourth-order valence-electron chi connectivity index (χ4n) is 3.61. The lowest BCUT2D eigenvalue weighted by Gasteiger charge is -2.23. The number of anilines is 1. The van der Waals surface area contributed by atoms with Crippen LogP contribution in [-0.4, -0.2) is 5.71 Å². The first-order chi connectivity index (χ1) is 13.5. The lowest BCUT2D eigenvalue weighted by atomic mass is 9.86. The average Bonchev–Trinajstić information content (AvgIpc) is 3.37. The van der Waals surface area contributed by atoms with E-state index in [1.807, 2.05) is 0 Å². The molecule has 0 bridgehead atoms. The van der Waals surface area contributed by atoms with Gasteiger partial charge in [-0.1, -0.05) is 63.2 Å². The van der Waals surface area contributed by atoms with Crippen LogP contribution in [-0.2, 0) is 12.0 Å². The van der Waals surface area contributed by atoms with Crippen molar-refractivity contribution in [2.45, 2.75) is 45.2 Å². The van der Waals surface area contributed by atoms with E-state index in [0.29, 0.717) is 6.54 Å². The maximum absolute atomic E-state index is 5.86. The van der Waals surface area contributed by atoms with Gasteiger partial charge in [-0.3, -0.25) is 5.01 Å². The molecule has 2 aromatic carbocycles. The normalized spacial score (nSPS) is 17.1. The van der Waals surface area contributed by atoms with E-state index < -0.39 is 0 Å². The molecule has 2 heterocycles. The Balaban J connectivity index is 1.70. The average molecular weight is 390 g/mol. The Hall–Kier alpha value is -2.43. The highest BCUT2D eigenvalue weighted by Crippen LogP contribution is 2.38. The first-order valence-corrected chi connectivity index (χ1v) is 10.6. The molecule has 0 radical (unpaired) electrons. The zero-order valence-electron chi connectivity index (χ0n) is 16.7. The molecule has 3 aromatic rings. The highest BCUT2D eigenvalue weighted by molar-refractivity contribution is 7.10. The van der Waals surface area contributed by atoms with Gasteiger partial charge in [-0.05, 0) is 45.7 Å². The van der Waals surface area contributed by atoms with Crippen molar-refractivity contribution < 1.29 is 0 Å². The predicted molar refractivity (Wildman–Crippen MR) is 120 cm³/mol. The monoisotopic (exact) mass is 389 g/mol. The van der Waals surface area contributed by atoms with Gasteiger partial charge < -0.3 is 5.73 Å². The smallest absolute Gasteiger partial charge is 0.0923 e. The molecule has 1 aliphatic rings. The summed E-state index contributed by atoms with van der Waals surface area (Å²) in [4.78, 5) is 1.34. The van der Waals surface area contributed by atoms with Crippen LogP contribution in [0.25, 0.3) is 0 Å². The van der Waals surface area contributed by atoms with Crippen molar-refractivity contribution in [3.63, 3.8) is 0 Å². The highest BCUT2D eigenvalue weighted by atomic mass is 32.1. The van der Waals surface area contributed by atoms with E-state index in [4.69, 9.17) is 10.8 Å². The van der Waals surface area contributed by atoms with Crippen LogP contribution in [0.2, 0.25) is 0 Å². The summed E-state index contributed by atoms with van der Waals surface area (Å²) in [6.07, 6.45) is 0.905. The Bertz CT molecular complexity index is 966. The van der Waals surface area contributed by atoms with Gasteiger partial charge in [0.05, 0.1) is 17.4 Å². The molecule has 0 saturated carbocycles. The minimum absolute atomic E-state index is 0.157. The summed E-state index contributed by atoms with van der Waals surface area (Å²) in [5.41, 5.74) is 11.9. The number of nitrogens with two attached hydrogens (primary N) is 1. The van der Waals surface area contributed by atoms with Crippen LogP contribution in [0.3, 0.4) is 0 Å². The third-order valence-corrected chi connectivity index (χ3v) is 6.25.